The monoisotopic (exact) mass is 718 g/mol. The lowest BCUT2D eigenvalue weighted by atomic mass is 9.32. The molecule has 1 saturated heterocycles. The van der Waals surface area contributed by atoms with Gasteiger partial charge in [0.25, 0.3) is 0 Å². The summed E-state index contributed by atoms with van der Waals surface area (Å²) < 4.78 is 23.9. The van der Waals surface area contributed by atoms with E-state index in [-0.39, 0.29) is 44.5 Å². The van der Waals surface area contributed by atoms with Crippen LogP contribution in [0.25, 0.3) is 5.57 Å². The van der Waals surface area contributed by atoms with Gasteiger partial charge in [-0.25, -0.2) is 8.42 Å². The molecule has 9 unspecified atom stereocenters. The summed E-state index contributed by atoms with van der Waals surface area (Å²) in [5.74, 6) is 2.99. The second-order valence-corrected chi connectivity index (χ2v) is 21.4. The van der Waals surface area contributed by atoms with Crippen molar-refractivity contribution in [3.63, 3.8) is 0 Å². The fraction of sp³-hybridized carbons (Fsp3) is 0.738. The van der Waals surface area contributed by atoms with Gasteiger partial charge in [-0.15, -0.1) is 0 Å². The number of hydrogen-bond acceptors (Lipinski definition) is 6. The molecule has 7 nitrogen and oxygen atoms in total. The normalized spacial score (nSPS) is 41.3. The third-order valence-electron chi connectivity index (χ3n) is 16.8. The van der Waals surface area contributed by atoms with Gasteiger partial charge in [0.1, 0.15) is 0 Å². The molecular weight excluding hydrogens is 655 g/mol. The van der Waals surface area contributed by atoms with Gasteiger partial charge in [-0.05, 0) is 133 Å². The van der Waals surface area contributed by atoms with Crippen molar-refractivity contribution in [2.24, 2.45) is 56.7 Å². The quantitative estimate of drug-likeness (QED) is 0.241. The lowest BCUT2D eigenvalue weighted by molar-refractivity contribution is -0.225. The smallest absolute Gasteiger partial charge is 0.423 e. The first-order valence-corrected chi connectivity index (χ1v) is 21.8. The largest absolute Gasteiger partial charge is 0.488 e. The van der Waals surface area contributed by atoms with Crippen LogP contribution in [0.15, 0.2) is 42.5 Å². The molecule has 6 aliphatic rings. The summed E-state index contributed by atoms with van der Waals surface area (Å²) in [6.07, 6.45) is 12.4. The Hall–Kier alpha value is -1.94. The Balaban J connectivity index is 1.14. The van der Waals surface area contributed by atoms with E-state index in [2.05, 4.69) is 76.5 Å². The molecule has 0 spiro atoms. The minimum absolute atomic E-state index is 0.00973. The molecule has 9 heteroatoms. The van der Waals surface area contributed by atoms with Crippen LogP contribution in [0.3, 0.4) is 0 Å². The molecule has 0 radical (unpaired) electrons. The molecule has 0 bridgehead atoms. The first-order valence-electron chi connectivity index (χ1n) is 19.9. The number of amides is 1. The van der Waals surface area contributed by atoms with Gasteiger partial charge in [-0.3, -0.25) is 9.69 Å². The van der Waals surface area contributed by atoms with E-state index < -0.39 is 17.0 Å². The van der Waals surface area contributed by atoms with Crippen LogP contribution in [0.2, 0.25) is 0 Å². The van der Waals surface area contributed by atoms with Crippen molar-refractivity contribution in [3.05, 3.63) is 48.1 Å². The van der Waals surface area contributed by atoms with Crippen molar-refractivity contribution < 1.29 is 23.3 Å². The number of benzene rings is 1. The Morgan fingerprint density at radius 2 is 1.61 bits per heavy atom. The van der Waals surface area contributed by atoms with Crippen LogP contribution >= 0.6 is 0 Å². The third kappa shape index (κ3) is 5.76. The second-order valence-electron chi connectivity index (χ2n) is 19.1. The predicted octanol–water partition coefficient (Wildman–Crippen LogP) is 5.86. The minimum atomic E-state index is -2.92. The molecule has 1 aromatic rings. The van der Waals surface area contributed by atoms with Crippen molar-refractivity contribution in [2.75, 3.05) is 37.7 Å². The first-order chi connectivity index (χ1) is 23.9. The summed E-state index contributed by atoms with van der Waals surface area (Å²) in [5, 5.41) is 22.8. The van der Waals surface area contributed by atoms with E-state index in [0.29, 0.717) is 61.2 Å². The Morgan fingerprint density at radius 3 is 2.25 bits per heavy atom. The van der Waals surface area contributed by atoms with Gasteiger partial charge in [0.2, 0.25) is 5.91 Å². The Morgan fingerprint density at radius 1 is 0.922 bits per heavy atom. The van der Waals surface area contributed by atoms with Crippen molar-refractivity contribution in [3.8, 4) is 0 Å². The molecule has 280 valence electrons. The number of fused-ring (bicyclic) bond motifs is 7. The lowest BCUT2D eigenvalue weighted by Gasteiger charge is -2.72. The van der Waals surface area contributed by atoms with Crippen LogP contribution in [0.1, 0.15) is 105 Å². The highest BCUT2D eigenvalue weighted by molar-refractivity contribution is 7.91. The highest BCUT2D eigenvalue weighted by atomic mass is 32.2. The Kier molecular flexibility index (Phi) is 9.41. The molecular formula is C42H63BN2O5S. The van der Waals surface area contributed by atoms with Crippen LogP contribution < -0.4 is 10.8 Å². The van der Waals surface area contributed by atoms with Crippen LogP contribution in [-0.4, -0.2) is 74.1 Å². The van der Waals surface area contributed by atoms with E-state index in [0.717, 1.165) is 32.1 Å². The summed E-state index contributed by atoms with van der Waals surface area (Å²) in [4.78, 5) is 16.7. The number of hydrogen-bond donors (Lipinski definition) is 3. The van der Waals surface area contributed by atoms with Gasteiger partial charge in [0, 0.05) is 26.2 Å². The Bertz CT molecular complexity index is 1680. The lowest BCUT2D eigenvalue weighted by Crippen LogP contribution is -2.66. The number of nitrogens with zero attached hydrogens (tertiary/aromatic N) is 1. The van der Waals surface area contributed by atoms with Gasteiger partial charge in [-0.1, -0.05) is 77.1 Å². The summed E-state index contributed by atoms with van der Waals surface area (Å²) in [5.41, 5.74) is 4.49. The van der Waals surface area contributed by atoms with Gasteiger partial charge in [0.05, 0.1) is 16.9 Å². The summed E-state index contributed by atoms with van der Waals surface area (Å²) in [6, 6.07) is 7.82. The molecule has 1 aliphatic heterocycles. The van der Waals surface area contributed by atoms with E-state index in [4.69, 9.17) is 0 Å². The molecule has 1 amide bonds. The fourth-order valence-electron chi connectivity index (χ4n) is 13.9. The maximum atomic E-state index is 14.5. The molecule has 0 aromatic heterocycles. The average molecular weight is 719 g/mol. The van der Waals surface area contributed by atoms with Crippen molar-refractivity contribution in [2.45, 2.75) is 99.3 Å². The van der Waals surface area contributed by atoms with E-state index in [9.17, 15) is 23.3 Å². The zero-order chi connectivity index (χ0) is 36.8. The molecule has 51 heavy (non-hydrogen) atoms. The zero-order valence-electron chi connectivity index (χ0n) is 32.1. The van der Waals surface area contributed by atoms with Crippen molar-refractivity contribution >= 4 is 33.9 Å². The third-order valence-corrected chi connectivity index (χ3v) is 18.4. The molecule has 4 saturated carbocycles. The highest BCUT2D eigenvalue weighted by Gasteiger charge is 2.71. The van der Waals surface area contributed by atoms with Crippen LogP contribution in [-0.2, 0) is 14.6 Å². The molecule has 1 heterocycles. The Labute approximate surface area is 308 Å². The first kappa shape index (κ1) is 37.4. The summed E-state index contributed by atoms with van der Waals surface area (Å²) in [7, 11) is -4.37. The topological polar surface area (TPSA) is 107 Å². The minimum Gasteiger partial charge on any atom is -0.423 e. The summed E-state index contributed by atoms with van der Waals surface area (Å²) in [6.45, 7) is 21.9. The maximum Gasteiger partial charge on any atom is 0.488 e. The number of carbonyl (C=O) groups is 1. The number of rotatable bonds is 7. The van der Waals surface area contributed by atoms with Crippen LogP contribution in [0.4, 0.5) is 0 Å². The van der Waals surface area contributed by atoms with E-state index in [1.54, 1.807) is 0 Å². The number of sulfone groups is 1. The highest BCUT2D eigenvalue weighted by Crippen LogP contribution is 2.77. The predicted molar refractivity (Wildman–Crippen MR) is 207 cm³/mol. The van der Waals surface area contributed by atoms with E-state index in [1.807, 2.05) is 12.1 Å². The van der Waals surface area contributed by atoms with Gasteiger partial charge in [0.15, 0.2) is 9.84 Å². The standard InChI is InChI=1S/C42H63BN2O5S/c1-28(2)31-14-19-42(37(46)44-22-23-45-24-26-51(49,50)27-25-45)21-20-40(6)33(36(31)42)12-13-35-39(5)17-15-32(29-8-10-30(11-9-29)43(47)48)38(3,4)34(39)16-18-41(35,40)7/h8-11,15,31,33-36,47-48H,1,12-14,16-27H2,2-7H3,(H,44,46). The molecule has 3 N–H and O–H groups in total. The molecule has 1 aromatic carbocycles. The molecule has 9 atom stereocenters. The van der Waals surface area contributed by atoms with Crippen LogP contribution in [0.5, 0.6) is 0 Å². The molecule has 5 fully saturated rings. The summed E-state index contributed by atoms with van der Waals surface area (Å²) >= 11 is 0. The van der Waals surface area contributed by atoms with Crippen molar-refractivity contribution in [1.29, 1.82) is 0 Å². The van der Waals surface area contributed by atoms with Gasteiger partial charge in [-0.2, -0.15) is 0 Å². The van der Waals surface area contributed by atoms with E-state index >= 15 is 0 Å². The number of allylic oxidation sites excluding steroid dienone is 3. The average Bonchev–Trinajstić information content (AvgIpc) is 3.47. The van der Waals surface area contributed by atoms with Gasteiger partial charge >= 0.3 is 7.12 Å². The van der Waals surface area contributed by atoms with Gasteiger partial charge < -0.3 is 15.4 Å². The zero-order valence-corrected chi connectivity index (χ0v) is 33.0. The molecule has 7 rings (SSSR count). The SMILES string of the molecule is C=C(C)C1CCC2(C(=O)NCCN3CCS(=O)(=O)CC3)CCC3(C)C(CCC4C5(C)CC=C(c6ccc(B(O)O)cc6)C(C)(C)C5CCC43C)C12. The molecule has 5 aliphatic carbocycles. The fourth-order valence-corrected chi connectivity index (χ4v) is 15.2. The second kappa shape index (κ2) is 12.8. The number of nitrogens with one attached hydrogen (secondary N) is 1. The maximum absolute atomic E-state index is 14.5. The van der Waals surface area contributed by atoms with Crippen molar-refractivity contribution in [1.82, 2.24) is 10.2 Å². The number of carbonyl (C=O) groups excluding carboxylic acids is 1. The van der Waals surface area contributed by atoms with E-state index in [1.165, 1.54) is 42.4 Å². The van der Waals surface area contributed by atoms with Crippen LogP contribution in [0, 0.1) is 56.7 Å².